The zero-order valence-corrected chi connectivity index (χ0v) is 6.63. The molecule has 0 aliphatic heterocycles. The average Bonchev–Trinajstić information content (AvgIpc) is 2.36. The normalized spacial score (nSPS) is 10.7. The summed E-state index contributed by atoms with van der Waals surface area (Å²) in [6.45, 7) is 1.84. The van der Waals surface area contributed by atoms with Gasteiger partial charge in [-0.1, -0.05) is 11.6 Å². The van der Waals surface area contributed by atoms with E-state index in [9.17, 15) is 0 Å². The molecule has 0 N–H and O–H groups in total. The Morgan fingerprint density at radius 2 is 2.45 bits per heavy atom. The third kappa shape index (κ3) is 0.973. The first kappa shape index (κ1) is 6.61. The van der Waals surface area contributed by atoms with Crippen molar-refractivity contribution in [3.05, 3.63) is 29.2 Å². The molecule has 1 radical (unpaired) electrons. The fourth-order valence-corrected chi connectivity index (χ4v) is 0.985. The molecule has 4 heteroatoms. The van der Waals surface area contributed by atoms with Crippen molar-refractivity contribution in [3.63, 3.8) is 0 Å². The van der Waals surface area contributed by atoms with Gasteiger partial charge in [-0.15, -0.1) is 0 Å². The molecule has 11 heavy (non-hydrogen) atoms. The van der Waals surface area contributed by atoms with Crippen LogP contribution in [0.5, 0.6) is 0 Å². The lowest BCUT2D eigenvalue weighted by molar-refractivity contribution is 0.919. The largest absolute Gasteiger partial charge is 0.217 e. The number of hydrogen-bond acceptors (Lipinski definition) is 2. The van der Waals surface area contributed by atoms with E-state index in [1.165, 1.54) is 0 Å². The van der Waals surface area contributed by atoms with E-state index in [0.29, 0.717) is 5.15 Å². The molecule has 0 bridgehead atoms. The van der Waals surface area contributed by atoms with Gasteiger partial charge >= 0.3 is 0 Å². The number of halogens is 1. The number of fused-ring (bicyclic) bond motifs is 1. The second-order valence-electron chi connectivity index (χ2n) is 2.24. The molecule has 55 valence electrons. The molecule has 2 aromatic heterocycles. The summed E-state index contributed by atoms with van der Waals surface area (Å²) in [7, 11) is 0. The number of aromatic nitrogens is 3. The van der Waals surface area contributed by atoms with Crippen molar-refractivity contribution < 1.29 is 0 Å². The van der Waals surface area contributed by atoms with Gasteiger partial charge in [0.1, 0.15) is 5.15 Å². The number of nitrogens with zero attached hydrogens (tertiary/aromatic N) is 3. The molecule has 2 heterocycles. The highest BCUT2D eigenvalue weighted by atomic mass is 35.5. The van der Waals surface area contributed by atoms with Crippen molar-refractivity contribution in [2.24, 2.45) is 0 Å². The molecule has 0 saturated carbocycles. The summed E-state index contributed by atoms with van der Waals surface area (Å²) in [4.78, 5) is 4.07. The van der Waals surface area contributed by atoms with Crippen molar-refractivity contribution >= 4 is 17.2 Å². The average molecular weight is 167 g/mol. The van der Waals surface area contributed by atoms with Gasteiger partial charge in [-0.3, -0.25) is 0 Å². The highest BCUT2D eigenvalue weighted by Crippen LogP contribution is 2.11. The second-order valence-corrected chi connectivity index (χ2v) is 2.60. The lowest BCUT2D eigenvalue weighted by Crippen LogP contribution is -1.92. The third-order valence-corrected chi connectivity index (χ3v) is 1.79. The highest BCUT2D eigenvalue weighted by molar-refractivity contribution is 6.30. The summed E-state index contributed by atoms with van der Waals surface area (Å²) < 4.78 is 1.57. The van der Waals surface area contributed by atoms with Gasteiger partial charge in [0, 0.05) is 11.6 Å². The molecule has 0 spiro atoms. The van der Waals surface area contributed by atoms with Crippen molar-refractivity contribution in [3.8, 4) is 0 Å². The monoisotopic (exact) mass is 166 g/mol. The molecular formula is C7H5ClN3. The maximum absolute atomic E-state index is 5.76. The topological polar surface area (TPSA) is 30.2 Å². The van der Waals surface area contributed by atoms with E-state index in [4.69, 9.17) is 11.6 Å². The molecule has 2 rings (SSSR count). The summed E-state index contributed by atoms with van der Waals surface area (Å²) in [6.07, 6.45) is 4.61. The first-order chi connectivity index (χ1) is 5.27. The summed E-state index contributed by atoms with van der Waals surface area (Å²) in [6, 6.07) is 1.78. The maximum Gasteiger partial charge on any atom is 0.157 e. The van der Waals surface area contributed by atoms with Crippen LogP contribution in [0, 0.1) is 13.1 Å². The van der Waals surface area contributed by atoms with Crippen LogP contribution in [-0.2, 0) is 0 Å². The maximum atomic E-state index is 5.76. The van der Waals surface area contributed by atoms with Gasteiger partial charge in [-0.25, -0.2) is 9.50 Å². The quantitative estimate of drug-likeness (QED) is 0.555. The Morgan fingerprint density at radius 3 is 3.27 bits per heavy atom. The summed E-state index contributed by atoms with van der Waals surface area (Å²) in [5.41, 5.74) is 1.53. The fraction of sp³-hybridized carbons (Fsp3) is 0.143. The van der Waals surface area contributed by atoms with Gasteiger partial charge in [0.15, 0.2) is 5.65 Å². The molecule has 0 unspecified atom stereocenters. The Balaban J connectivity index is 2.86. The smallest absolute Gasteiger partial charge is 0.157 e. The Hall–Kier alpha value is -1.09. The molecule has 0 saturated heterocycles. The molecule has 0 fully saturated rings. The minimum atomic E-state index is 0.484. The van der Waals surface area contributed by atoms with Gasteiger partial charge in [0.05, 0.1) is 12.4 Å². The molecule has 0 aliphatic rings. The minimum absolute atomic E-state index is 0.484. The molecular weight excluding hydrogens is 162 g/mol. The number of hydrogen-bond donors (Lipinski definition) is 0. The predicted octanol–water partition coefficient (Wildman–Crippen LogP) is 1.49. The SMILES string of the molecule is Cc1[c]n2nccc2nc1Cl. The molecule has 0 aromatic carbocycles. The van der Waals surface area contributed by atoms with E-state index in [0.717, 1.165) is 11.2 Å². The molecule has 0 amide bonds. The summed E-state index contributed by atoms with van der Waals surface area (Å²) >= 11 is 5.76. The Labute approximate surface area is 68.6 Å². The summed E-state index contributed by atoms with van der Waals surface area (Å²) in [5, 5.41) is 4.44. The van der Waals surface area contributed by atoms with Crippen molar-refractivity contribution in [2.45, 2.75) is 6.92 Å². The number of rotatable bonds is 0. The predicted molar refractivity (Wildman–Crippen MR) is 41.6 cm³/mol. The van der Waals surface area contributed by atoms with Crippen molar-refractivity contribution in [1.29, 1.82) is 0 Å². The van der Waals surface area contributed by atoms with Gasteiger partial charge in [0.25, 0.3) is 0 Å². The Bertz CT molecular complexity index is 357. The van der Waals surface area contributed by atoms with Crippen molar-refractivity contribution in [2.75, 3.05) is 0 Å². The van der Waals surface area contributed by atoms with Crippen LogP contribution in [0.2, 0.25) is 5.15 Å². The lowest BCUT2D eigenvalue weighted by Gasteiger charge is -1.95. The van der Waals surface area contributed by atoms with Crippen LogP contribution in [-0.4, -0.2) is 14.6 Å². The lowest BCUT2D eigenvalue weighted by atomic mass is 10.4. The van der Waals surface area contributed by atoms with Crippen LogP contribution in [0.15, 0.2) is 12.3 Å². The van der Waals surface area contributed by atoms with Crippen molar-refractivity contribution in [1.82, 2.24) is 14.6 Å². The van der Waals surface area contributed by atoms with E-state index < -0.39 is 0 Å². The van der Waals surface area contributed by atoms with Crippen LogP contribution in [0.4, 0.5) is 0 Å². The van der Waals surface area contributed by atoms with Crippen LogP contribution in [0.1, 0.15) is 5.56 Å². The van der Waals surface area contributed by atoms with Crippen LogP contribution in [0.25, 0.3) is 5.65 Å². The van der Waals surface area contributed by atoms with E-state index in [1.807, 2.05) is 6.92 Å². The Morgan fingerprint density at radius 1 is 1.64 bits per heavy atom. The highest BCUT2D eigenvalue weighted by Gasteiger charge is 2.00. The molecule has 2 aromatic rings. The van der Waals surface area contributed by atoms with Gasteiger partial charge in [0.2, 0.25) is 0 Å². The summed E-state index contributed by atoms with van der Waals surface area (Å²) in [5.74, 6) is 0. The van der Waals surface area contributed by atoms with Crippen LogP contribution in [0.3, 0.4) is 0 Å². The van der Waals surface area contributed by atoms with Crippen LogP contribution >= 0.6 is 11.6 Å². The zero-order valence-electron chi connectivity index (χ0n) is 5.87. The van der Waals surface area contributed by atoms with Crippen LogP contribution < -0.4 is 0 Å². The zero-order chi connectivity index (χ0) is 7.84. The van der Waals surface area contributed by atoms with E-state index >= 15 is 0 Å². The Kier molecular flexibility index (Phi) is 1.32. The molecule has 0 aliphatic carbocycles. The second kappa shape index (κ2) is 2.20. The first-order valence-electron chi connectivity index (χ1n) is 3.16. The molecule has 0 atom stereocenters. The van der Waals surface area contributed by atoms with Gasteiger partial charge < -0.3 is 0 Å². The third-order valence-electron chi connectivity index (χ3n) is 1.42. The first-order valence-corrected chi connectivity index (χ1v) is 3.54. The van der Waals surface area contributed by atoms with Gasteiger partial charge in [-0.05, 0) is 6.92 Å². The van der Waals surface area contributed by atoms with E-state index in [-0.39, 0.29) is 0 Å². The van der Waals surface area contributed by atoms with Gasteiger partial charge in [-0.2, -0.15) is 5.10 Å². The van der Waals surface area contributed by atoms with E-state index in [1.54, 1.807) is 16.8 Å². The molecule has 3 nitrogen and oxygen atoms in total. The fourth-order valence-electron chi connectivity index (χ4n) is 0.857. The van der Waals surface area contributed by atoms with E-state index in [2.05, 4.69) is 16.3 Å². The standard InChI is InChI=1S/C7H5ClN3/c1-5-4-11-6(2-3-9-11)10-7(5)8/h2-3H,1H3. The number of aryl methyl sites for hydroxylation is 1. The minimum Gasteiger partial charge on any atom is -0.217 e.